The number of imidazole rings is 1. The highest BCUT2D eigenvalue weighted by atomic mass is 32.1. The van der Waals surface area contributed by atoms with Crippen LogP contribution in [0, 0.1) is 11.3 Å². The molecular weight excluding hydrogens is 517 g/mol. The monoisotopic (exact) mass is 544 g/mol. The molecular formula is C26H27F3N6O2S. The number of thiol groups is 1. The molecule has 3 aromatic rings. The van der Waals surface area contributed by atoms with E-state index in [4.69, 9.17) is 10.00 Å². The zero-order valence-corrected chi connectivity index (χ0v) is 21.4. The van der Waals surface area contributed by atoms with Crippen molar-refractivity contribution in [2.24, 2.45) is 0 Å². The van der Waals surface area contributed by atoms with Crippen LogP contribution in [0.1, 0.15) is 27.9 Å². The van der Waals surface area contributed by atoms with Crippen molar-refractivity contribution in [2.75, 3.05) is 32.8 Å². The third-order valence-corrected chi connectivity index (χ3v) is 6.54. The zero-order valence-electron chi connectivity index (χ0n) is 20.5. The van der Waals surface area contributed by atoms with Crippen LogP contribution in [0.2, 0.25) is 0 Å². The van der Waals surface area contributed by atoms with E-state index in [1.807, 2.05) is 21.7 Å². The van der Waals surface area contributed by atoms with Gasteiger partial charge in [-0.3, -0.25) is 9.31 Å². The van der Waals surface area contributed by atoms with Gasteiger partial charge in [0.1, 0.15) is 0 Å². The van der Waals surface area contributed by atoms with Crippen LogP contribution in [-0.2, 0) is 30.4 Å². The van der Waals surface area contributed by atoms with E-state index in [1.165, 1.54) is 23.2 Å². The van der Waals surface area contributed by atoms with Crippen molar-refractivity contribution in [1.29, 1.82) is 5.26 Å². The quantitative estimate of drug-likeness (QED) is 0.426. The number of halogens is 3. The summed E-state index contributed by atoms with van der Waals surface area (Å²) in [5.74, 6) is 0. The van der Waals surface area contributed by atoms with Gasteiger partial charge in [0.25, 0.3) is 0 Å². The van der Waals surface area contributed by atoms with Crippen LogP contribution in [0.15, 0.2) is 61.1 Å². The number of urea groups is 1. The number of carbonyl (C=O) groups is 1. The van der Waals surface area contributed by atoms with Crippen LogP contribution >= 0.6 is 12.8 Å². The maximum absolute atomic E-state index is 13.5. The van der Waals surface area contributed by atoms with Gasteiger partial charge in [-0.2, -0.15) is 18.4 Å². The van der Waals surface area contributed by atoms with Crippen molar-refractivity contribution in [3.63, 3.8) is 0 Å². The van der Waals surface area contributed by atoms with E-state index in [9.17, 15) is 18.0 Å². The first kappa shape index (κ1) is 27.5. The number of ether oxygens (including phenoxy) is 1. The van der Waals surface area contributed by atoms with Gasteiger partial charge in [-0.1, -0.05) is 43.1 Å². The van der Waals surface area contributed by atoms with E-state index in [1.54, 1.807) is 24.7 Å². The van der Waals surface area contributed by atoms with Crippen molar-refractivity contribution in [3.05, 3.63) is 89.0 Å². The molecule has 12 heteroatoms. The van der Waals surface area contributed by atoms with Gasteiger partial charge in [0.05, 0.1) is 43.3 Å². The SMILES string of the molecule is N#Cc1ccc(Cn2cncc2CCN(C(=O)N(S)Cc2ccccc2C(F)(F)F)N2CCOCC2)cc1. The molecule has 0 radical (unpaired) electrons. The summed E-state index contributed by atoms with van der Waals surface area (Å²) in [6, 6.07) is 14.0. The van der Waals surface area contributed by atoms with E-state index < -0.39 is 17.8 Å². The maximum atomic E-state index is 13.5. The molecule has 1 aliphatic heterocycles. The first-order chi connectivity index (χ1) is 18.3. The largest absolute Gasteiger partial charge is 0.416 e. The highest BCUT2D eigenvalue weighted by Gasteiger charge is 2.34. The number of alkyl halides is 3. The third kappa shape index (κ3) is 6.86. The number of rotatable bonds is 8. The summed E-state index contributed by atoms with van der Waals surface area (Å²) >= 11 is 4.29. The number of carbonyl (C=O) groups excluding carboxylic acids is 1. The van der Waals surface area contributed by atoms with Gasteiger partial charge in [0, 0.05) is 44.5 Å². The molecule has 1 aromatic heterocycles. The van der Waals surface area contributed by atoms with Gasteiger partial charge in [0.2, 0.25) is 0 Å². The zero-order chi connectivity index (χ0) is 27.1. The van der Waals surface area contributed by atoms with Gasteiger partial charge in [-0.25, -0.2) is 14.8 Å². The molecule has 1 aliphatic rings. The van der Waals surface area contributed by atoms with Gasteiger partial charge in [0.15, 0.2) is 0 Å². The Kier molecular flexibility index (Phi) is 8.93. The summed E-state index contributed by atoms with van der Waals surface area (Å²) in [5, 5.41) is 12.4. The van der Waals surface area contributed by atoms with Gasteiger partial charge >= 0.3 is 12.2 Å². The van der Waals surface area contributed by atoms with Crippen molar-refractivity contribution in [3.8, 4) is 6.07 Å². The Morgan fingerprint density at radius 2 is 1.84 bits per heavy atom. The topological polar surface area (TPSA) is 77.6 Å². The average molecular weight is 545 g/mol. The van der Waals surface area contributed by atoms with Crippen molar-refractivity contribution in [1.82, 2.24) is 23.9 Å². The van der Waals surface area contributed by atoms with Crippen molar-refractivity contribution >= 4 is 18.8 Å². The molecule has 4 rings (SSSR count). The highest BCUT2D eigenvalue weighted by Crippen LogP contribution is 2.32. The van der Waals surface area contributed by atoms with Crippen molar-refractivity contribution in [2.45, 2.75) is 25.7 Å². The summed E-state index contributed by atoms with van der Waals surface area (Å²) in [7, 11) is 0. The number of aromatic nitrogens is 2. The lowest BCUT2D eigenvalue weighted by Gasteiger charge is -2.39. The predicted molar refractivity (Wildman–Crippen MR) is 137 cm³/mol. The summed E-state index contributed by atoms with van der Waals surface area (Å²) in [5.41, 5.74) is 1.62. The van der Waals surface area contributed by atoms with Crippen LogP contribution in [-0.4, -0.2) is 62.8 Å². The fourth-order valence-electron chi connectivity index (χ4n) is 4.25. The molecule has 0 spiro atoms. The minimum Gasteiger partial charge on any atom is -0.379 e. The lowest BCUT2D eigenvalue weighted by atomic mass is 10.1. The Labute approximate surface area is 224 Å². The number of hydrogen-bond donors (Lipinski definition) is 1. The fourth-order valence-corrected chi connectivity index (χ4v) is 4.51. The lowest BCUT2D eigenvalue weighted by Crippen LogP contribution is -2.54. The molecule has 0 saturated carbocycles. The third-order valence-electron chi connectivity index (χ3n) is 6.23. The maximum Gasteiger partial charge on any atom is 0.416 e. The molecule has 1 fully saturated rings. The van der Waals surface area contributed by atoms with Gasteiger partial charge in [-0.05, 0) is 29.3 Å². The Bertz CT molecular complexity index is 1270. The van der Waals surface area contributed by atoms with Crippen LogP contribution in [0.25, 0.3) is 0 Å². The molecule has 38 heavy (non-hydrogen) atoms. The molecule has 200 valence electrons. The molecule has 0 bridgehead atoms. The average Bonchev–Trinajstić information content (AvgIpc) is 3.36. The van der Waals surface area contributed by atoms with Crippen LogP contribution in [0.5, 0.6) is 0 Å². The van der Waals surface area contributed by atoms with Gasteiger partial charge in [-0.15, -0.1) is 0 Å². The van der Waals surface area contributed by atoms with Gasteiger partial charge < -0.3 is 9.30 Å². The van der Waals surface area contributed by atoms with E-state index in [2.05, 4.69) is 23.9 Å². The molecule has 2 aromatic carbocycles. The molecule has 8 nitrogen and oxygen atoms in total. The van der Waals surface area contributed by atoms with Crippen LogP contribution in [0.4, 0.5) is 18.0 Å². The number of hydrogen-bond acceptors (Lipinski definition) is 6. The van der Waals surface area contributed by atoms with E-state index in [-0.39, 0.29) is 18.7 Å². The number of amides is 2. The second kappa shape index (κ2) is 12.3. The van der Waals surface area contributed by atoms with E-state index >= 15 is 0 Å². The summed E-state index contributed by atoms with van der Waals surface area (Å²) in [4.78, 5) is 17.7. The highest BCUT2D eigenvalue weighted by molar-refractivity contribution is 7.78. The lowest BCUT2D eigenvalue weighted by molar-refractivity contribution is -0.138. The molecule has 1 saturated heterocycles. The number of nitriles is 1. The number of morpholine rings is 1. The van der Waals surface area contributed by atoms with Crippen LogP contribution < -0.4 is 0 Å². The second-order valence-corrected chi connectivity index (χ2v) is 9.24. The first-order valence-corrected chi connectivity index (χ1v) is 12.4. The standard InChI is InChI=1S/C26H27F3N6O2S/c27-26(28,29)24-4-2-1-3-22(24)18-35(38)25(36)34(33-11-13-37-14-12-33)10-9-23-16-31-19-32(23)17-21-7-5-20(15-30)6-8-21/h1-8,16,19,38H,9-14,17-18H2. The number of hydrazine groups is 1. The molecule has 0 atom stereocenters. The van der Waals surface area contributed by atoms with Crippen LogP contribution in [0.3, 0.4) is 0 Å². The number of nitrogens with zero attached hydrogens (tertiary/aromatic N) is 6. The first-order valence-electron chi connectivity index (χ1n) is 12.0. The molecule has 0 aliphatic carbocycles. The molecule has 0 N–H and O–H groups in total. The second-order valence-electron chi connectivity index (χ2n) is 8.76. The fraction of sp³-hybridized carbons (Fsp3) is 0.346. The minimum absolute atomic E-state index is 0.0363. The Morgan fingerprint density at radius 3 is 2.53 bits per heavy atom. The van der Waals surface area contributed by atoms with E-state index in [0.29, 0.717) is 44.8 Å². The summed E-state index contributed by atoms with van der Waals surface area (Å²) in [6.07, 6.45) is -0.650. The minimum atomic E-state index is -4.54. The molecule has 2 heterocycles. The normalized spacial score (nSPS) is 14.2. The smallest absolute Gasteiger partial charge is 0.379 e. The van der Waals surface area contributed by atoms with E-state index in [0.717, 1.165) is 21.6 Å². The van der Waals surface area contributed by atoms with Crippen molar-refractivity contribution < 1.29 is 22.7 Å². The predicted octanol–water partition coefficient (Wildman–Crippen LogP) is 4.38. The summed E-state index contributed by atoms with van der Waals surface area (Å²) in [6.45, 7) is 2.31. The molecule has 0 unspecified atom stereocenters. The Morgan fingerprint density at radius 1 is 1.13 bits per heavy atom. The molecule has 2 amide bonds. The number of benzene rings is 2. The Hall–Kier alpha value is -3.53. The Balaban J connectivity index is 1.48. The summed E-state index contributed by atoms with van der Waals surface area (Å²) < 4.78 is 48.8.